The second kappa shape index (κ2) is 3.59. The zero-order valence-corrected chi connectivity index (χ0v) is 7.60. The second-order valence-electron chi connectivity index (χ2n) is 3.18. The Labute approximate surface area is 63.7 Å². The maximum Gasteiger partial charge on any atom is 0.0925 e. The molecule has 60 valence electrons. The van der Waals surface area contributed by atoms with Gasteiger partial charge in [-0.3, -0.25) is 5.41 Å². The smallest absolute Gasteiger partial charge is 0.0925 e. The quantitative estimate of drug-likeness (QED) is 0.463. The first-order valence-electron chi connectivity index (χ1n) is 3.74. The summed E-state index contributed by atoms with van der Waals surface area (Å²) in [7, 11) is 1.97. The summed E-state index contributed by atoms with van der Waals surface area (Å²) in [6.07, 6.45) is 0. The maximum absolute atomic E-state index is 7.35. The molecular formula is C8H18N2. The summed E-state index contributed by atoms with van der Waals surface area (Å²) in [5.74, 6) is 1.26. The summed E-state index contributed by atoms with van der Waals surface area (Å²) < 4.78 is 0. The third-order valence-corrected chi connectivity index (χ3v) is 2.10. The molecule has 10 heavy (non-hydrogen) atoms. The molecule has 0 saturated heterocycles. The van der Waals surface area contributed by atoms with E-state index in [1.54, 1.807) is 0 Å². The first-order chi connectivity index (χ1) is 4.46. The molecule has 0 aliphatic rings. The van der Waals surface area contributed by atoms with Gasteiger partial charge in [-0.05, 0) is 19.8 Å². The molecule has 1 unspecified atom stereocenters. The molecule has 2 heteroatoms. The van der Waals surface area contributed by atoms with Crippen molar-refractivity contribution in [1.82, 2.24) is 4.90 Å². The summed E-state index contributed by atoms with van der Waals surface area (Å²) in [4.78, 5) is 1.99. The van der Waals surface area contributed by atoms with Crippen LogP contribution in [0.15, 0.2) is 0 Å². The average Bonchev–Trinajstić information content (AvgIpc) is 1.84. The standard InChI is InChI=1S/C8H18N2/c1-6(2)7(3)10(5)8(4)9/h6-7,9H,1-5H3. The van der Waals surface area contributed by atoms with E-state index < -0.39 is 0 Å². The third-order valence-electron chi connectivity index (χ3n) is 2.10. The molecule has 0 aromatic carbocycles. The summed E-state index contributed by atoms with van der Waals surface area (Å²) in [6.45, 7) is 8.30. The molecular weight excluding hydrogens is 124 g/mol. The van der Waals surface area contributed by atoms with Crippen LogP contribution in [0.2, 0.25) is 0 Å². The number of amidine groups is 1. The molecule has 0 aromatic heterocycles. The van der Waals surface area contributed by atoms with Crippen LogP contribution in [0.4, 0.5) is 0 Å². The molecule has 0 bridgehead atoms. The Kier molecular flexibility index (Phi) is 3.40. The highest BCUT2D eigenvalue weighted by Gasteiger charge is 2.12. The van der Waals surface area contributed by atoms with E-state index >= 15 is 0 Å². The zero-order valence-electron chi connectivity index (χ0n) is 7.60. The van der Waals surface area contributed by atoms with E-state index in [1.165, 1.54) is 0 Å². The maximum atomic E-state index is 7.35. The molecule has 0 amide bonds. The van der Waals surface area contributed by atoms with Gasteiger partial charge in [-0.15, -0.1) is 0 Å². The second-order valence-corrected chi connectivity index (χ2v) is 3.18. The van der Waals surface area contributed by atoms with Gasteiger partial charge in [0.25, 0.3) is 0 Å². The van der Waals surface area contributed by atoms with Gasteiger partial charge in [-0.2, -0.15) is 0 Å². The number of rotatable bonds is 2. The van der Waals surface area contributed by atoms with Crippen molar-refractivity contribution in [3.63, 3.8) is 0 Å². The molecule has 0 aromatic rings. The van der Waals surface area contributed by atoms with Crippen molar-refractivity contribution in [2.75, 3.05) is 7.05 Å². The monoisotopic (exact) mass is 142 g/mol. The predicted octanol–water partition coefficient (Wildman–Crippen LogP) is 1.96. The fourth-order valence-electron chi connectivity index (χ4n) is 0.753. The molecule has 2 nitrogen and oxygen atoms in total. The first-order valence-corrected chi connectivity index (χ1v) is 3.74. The fraction of sp³-hybridized carbons (Fsp3) is 0.875. The van der Waals surface area contributed by atoms with Crippen LogP contribution in [0.3, 0.4) is 0 Å². The summed E-state index contributed by atoms with van der Waals surface area (Å²) in [5, 5.41) is 7.35. The summed E-state index contributed by atoms with van der Waals surface area (Å²) in [5.41, 5.74) is 0. The van der Waals surface area contributed by atoms with E-state index in [4.69, 9.17) is 5.41 Å². The number of hydrogen-bond acceptors (Lipinski definition) is 1. The Balaban J connectivity index is 3.94. The molecule has 0 radical (unpaired) electrons. The van der Waals surface area contributed by atoms with Crippen LogP contribution in [0.5, 0.6) is 0 Å². The highest BCUT2D eigenvalue weighted by atomic mass is 15.2. The van der Waals surface area contributed by atoms with Gasteiger partial charge in [-0.1, -0.05) is 13.8 Å². The van der Waals surface area contributed by atoms with Crippen molar-refractivity contribution in [1.29, 1.82) is 5.41 Å². The minimum Gasteiger partial charge on any atom is -0.361 e. The first kappa shape index (κ1) is 9.47. The molecule has 1 atom stereocenters. The third kappa shape index (κ3) is 2.38. The lowest BCUT2D eigenvalue weighted by Crippen LogP contribution is -2.36. The van der Waals surface area contributed by atoms with Crippen LogP contribution in [0.1, 0.15) is 27.7 Å². The minimum atomic E-state index is 0.470. The Morgan fingerprint density at radius 1 is 1.30 bits per heavy atom. The van der Waals surface area contributed by atoms with E-state index in [1.807, 2.05) is 18.9 Å². The molecule has 0 spiro atoms. The van der Waals surface area contributed by atoms with Gasteiger partial charge in [-0.25, -0.2) is 0 Å². The predicted molar refractivity (Wildman–Crippen MR) is 45.5 cm³/mol. The largest absolute Gasteiger partial charge is 0.361 e. The van der Waals surface area contributed by atoms with Gasteiger partial charge in [0.15, 0.2) is 0 Å². The number of nitrogens with zero attached hydrogens (tertiary/aromatic N) is 1. The molecule has 0 aliphatic heterocycles. The van der Waals surface area contributed by atoms with E-state index in [0.717, 1.165) is 0 Å². The lowest BCUT2D eigenvalue weighted by atomic mass is 10.1. The van der Waals surface area contributed by atoms with Crippen LogP contribution < -0.4 is 0 Å². The number of nitrogens with one attached hydrogen (secondary N) is 1. The van der Waals surface area contributed by atoms with E-state index in [9.17, 15) is 0 Å². The van der Waals surface area contributed by atoms with E-state index in [0.29, 0.717) is 17.8 Å². The zero-order chi connectivity index (χ0) is 8.31. The molecule has 1 N–H and O–H groups in total. The van der Waals surface area contributed by atoms with Crippen LogP contribution >= 0.6 is 0 Å². The van der Waals surface area contributed by atoms with Crippen molar-refractivity contribution < 1.29 is 0 Å². The van der Waals surface area contributed by atoms with Gasteiger partial charge in [0.2, 0.25) is 0 Å². The average molecular weight is 142 g/mol. The van der Waals surface area contributed by atoms with Gasteiger partial charge in [0.05, 0.1) is 5.84 Å². The van der Waals surface area contributed by atoms with Crippen molar-refractivity contribution in [2.24, 2.45) is 5.92 Å². The van der Waals surface area contributed by atoms with Gasteiger partial charge < -0.3 is 4.90 Å². The van der Waals surface area contributed by atoms with Crippen molar-refractivity contribution in [3.8, 4) is 0 Å². The molecule has 0 fully saturated rings. The summed E-state index contributed by atoms with van der Waals surface area (Å²) >= 11 is 0. The highest BCUT2D eigenvalue weighted by Crippen LogP contribution is 2.07. The van der Waals surface area contributed by atoms with Crippen molar-refractivity contribution >= 4 is 5.84 Å². The van der Waals surface area contributed by atoms with E-state index in [-0.39, 0.29) is 0 Å². The normalized spacial score (nSPS) is 13.4. The highest BCUT2D eigenvalue weighted by molar-refractivity contribution is 5.76. The van der Waals surface area contributed by atoms with Crippen LogP contribution in [-0.4, -0.2) is 23.8 Å². The molecule has 0 heterocycles. The fourth-order valence-corrected chi connectivity index (χ4v) is 0.753. The SMILES string of the molecule is CC(=N)N(C)C(C)C(C)C. The van der Waals surface area contributed by atoms with Crippen LogP contribution in [0.25, 0.3) is 0 Å². The van der Waals surface area contributed by atoms with Crippen molar-refractivity contribution in [3.05, 3.63) is 0 Å². The van der Waals surface area contributed by atoms with Crippen LogP contribution in [-0.2, 0) is 0 Å². The minimum absolute atomic E-state index is 0.470. The van der Waals surface area contributed by atoms with Gasteiger partial charge >= 0.3 is 0 Å². The Morgan fingerprint density at radius 2 is 1.70 bits per heavy atom. The van der Waals surface area contributed by atoms with E-state index in [2.05, 4.69) is 20.8 Å². The number of hydrogen-bond donors (Lipinski definition) is 1. The Morgan fingerprint density at radius 3 is 1.80 bits per heavy atom. The molecule has 0 saturated carbocycles. The Hall–Kier alpha value is -0.530. The van der Waals surface area contributed by atoms with Crippen molar-refractivity contribution in [2.45, 2.75) is 33.7 Å². The lowest BCUT2D eigenvalue weighted by Gasteiger charge is -2.28. The molecule has 0 rings (SSSR count). The van der Waals surface area contributed by atoms with Gasteiger partial charge in [0.1, 0.15) is 0 Å². The van der Waals surface area contributed by atoms with Crippen LogP contribution in [0, 0.1) is 11.3 Å². The Bertz CT molecular complexity index is 118. The molecule has 0 aliphatic carbocycles. The van der Waals surface area contributed by atoms with Gasteiger partial charge in [0, 0.05) is 13.1 Å². The topological polar surface area (TPSA) is 27.1 Å². The summed E-state index contributed by atoms with van der Waals surface area (Å²) in [6, 6.07) is 0.470. The lowest BCUT2D eigenvalue weighted by molar-refractivity contribution is 0.306.